The van der Waals surface area contributed by atoms with E-state index in [1.165, 1.54) is 31.1 Å². The molecule has 2 aliphatic rings. The highest BCUT2D eigenvalue weighted by Gasteiger charge is 2.33. The quantitative estimate of drug-likeness (QED) is 0.938. The Morgan fingerprint density at radius 3 is 3.14 bits per heavy atom. The van der Waals surface area contributed by atoms with Crippen molar-refractivity contribution in [3.05, 3.63) is 39.6 Å². The second kappa shape index (κ2) is 5.16. The van der Waals surface area contributed by atoms with Gasteiger partial charge in [-0.1, -0.05) is 30.0 Å². The summed E-state index contributed by atoms with van der Waals surface area (Å²) >= 11 is 3.57. The number of aryl methyl sites for hydroxylation is 1. The van der Waals surface area contributed by atoms with Crippen molar-refractivity contribution < 1.29 is 5.11 Å². The molecule has 21 heavy (non-hydrogen) atoms. The van der Waals surface area contributed by atoms with Crippen molar-refractivity contribution in [2.75, 3.05) is 19.7 Å². The van der Waals surface area contributed by atoms with E-state index in [1.54, 1.807) is 11.8 Å². The van der Waals surface area contributed by atoms with Crippen LogP contribution < -0.4 is 0 Å². The van der Waals surface area contributed by atoms with Crippen LogP contribution in [0.15, 0.2) is 34.2 Å². The van der Waals surface area contributed by atoms with Crippen LogP contribution in [0.25, 0.3) is 15.8 Å². The van der Waals surface area contributed by atoms with Gasteiger partial charge in [0.2, 0.25) is 0 Å². The van der Waals surface area contributed by atoms with Crippen LogP contribution >= 0.6 is 23.1 Å². The molecule has 4 rings (SSSR count). The van der Waals surface area contributed by atoms with Crippen molar-refractivity contribution in [1.29, 1.82) is 0 Å². The van der Waals surface area contributed by atoms with Gasteiger partial charge in [-0.2, -0.15) is 0 Å². The summed E-state index contributed by atoms with van der Waals surface area (Å²) < 4.78 is 1.34. The maximum Gasteiger partial charge on any atom is 0.168 e. The Morgan fingerprint density at radius 1 is 1.38 bits per heavy atom. The highest BCUT2D eigenvalue weighted by atomic mass is 32.2. The number of amidine groups is 1. The van der Waals surface area contributed by atoms with Crippen LogP contribution in [-0.2, 0) is 0 Å². The number of nitrogens with zero attached hydrogens (tertiary/aromatic N) is 2. The first-order valence-electron chi connectivity index (χ1n) is 7.11. The maximum atomic E-state index is 9.37. The smallest absolute Gasteiger partial charge is 0.168 e. The molecule has 0 aliphatic carbocycles. The van der Waals surface area contributed by atoms with E-state index in [9.17, 15) is 5.11 Å². The molecule has 0 unspecified atom stereocenters. The van der Waals surface area contributed by atoms with Crippen molar-refractivity contribution >= 4 is 44.0 Å². The first kappa shape index (κ1) is 13.4. The first-order valence-corrected chi connectivity index (χ1v) is 8.74. The zero-order valence-electron chi connectivity index (χ0n) is 11.8. The predicted molar refractivity (Wildman–Crippen MR) is 91.8 cm³/mol. The highest BCUT2D eigenvalue weighted by molar-refractivity contribution is 8.17. The Balaban J connectivity index is 1.92. The van der Waals surface area contributed by atoms with Crippen molar-refractivity contribution in [3.8, 4) is 0 Å². The minimum atomic E-state index is 0.187. The summed E-state index contributed by atoms with van der Waals surface area (Å²) in [5.74, 6) is 0. The van der Waals surface area contributed by atoms with E-state index < -0.39 is 0 Å². The molecule has 2 aromatic rings. The molecule has 1 aromatic heterocycles. The molecule has 0 radical (unpaired) electrons. The van der Waals surface area contributed by atoms with Gasteiger partial charge in [0.1, 0.15) is 0 Å². The molecule has 108 valence electrons. The summed E-state index contributed by atoms with van der Waals surface area (Å²) in [7, 11) is 0. The maximum absolute atomic E-state index is 9.37. The zero-order valence-corrected chi connectivity index (χ0v) is 13.4. The molecule has 0 atom stereocenters. The third-order valence-corrected chi connectivity index (χ3v) is 6.09. The number of hydrogen-bond donors (Lipinski definition) is 1. The molecule has 1 aromatic carbocycles. The van der Waals surface area contributed by atoms with Gasteiger partial charge in [-0.05, 0) is 18.4 Å². The third kappa shape index (κ3) is 2.11. The number of fused-ring (bicyclic) bond motifs is 2. The van der Waals surface area contributed by atoms with Crippen LogP contribution in [0.5, 0.6) is 0 Å². The van der Waals surface area contributed by atoms with E-state index >= 15 is 0 Å². The molecule has 2 aliphatic heterocycles. The molecule has 0 saturated heterocycles. The summed E-state index contributed by atoms with van der Waals surface area (Å²) in [6.07, 6.45) is 0.705. The van der Waals surface area contributed by atoms with E-state index in [0.717, 1.165) is 18.3 Å². The average Bonchev–Trinajstić information content (AvgIpc) is 3.11. The summed E-state index contributed by atoms with van der Waals surface area (Å²) in [4.78, 5) is 9.48. The van der Waals surface area contributed by atoms with Crippen LogP contribution in [0.4, 0.5) is 0 Å². The van der Waals surface area contributed by atoms with E-state index in [2.05, 4.69) is 41.1 Å². The van der Waals surface area contributed by atoms with Crippen LogP contribution in [0.3, 0.4) is 0 Å². The van der Waals surface area contributed by atoms with Gasteiger partial charge < -0.3 is 10.0 Å². The fourth-order valence-corrected chi connectivity index (χ4v) is 5.18. The fourth-order valence-electron chi connectivity index (χ4n) is 2.98. The fraction of sp³-hybridized carbons (Fsp3) is 0.312. The highest BCUT2D eigenvalue weighted by Crippen LogP contribution is 2.45. The molecular weight excluding hydrogens is 300 g/mol. The number of aliphatic hydroxyl groups excluding tert-OH is 1. The molecule has 0 bridgehead atoms. The Bertz CT molecular complexity index is 776. The van der Waals surface area contributed by atoms with Gasteiger partial charge in [-0.3, -0.25) is 4.99 Å². The Labute approximate surface area is 132 Å². The second-order valence-electron chi connectivity index (χ2n) is 5.24. The number of thiophene rings is 1. The van der Waals surface area contributed by atoms with Crippen molar-refractivity contribution in [2.24, 2.45) is 4.99 Å². The molecule has 0 amide bonds. The second-order valence-corrected chi connectivity index (χ2v) is 7.56. The van der Waals surface area contributed by atoms with Crippen LogP contribution in [-0.4, -0.2) is 34.9 Å². The van der Waals surface area contributed by atoms with Crippen LogP contribution in [0.1, 0.15) is 16.9 Å². The van der Waals surface area contributed by atoms with Crippen LogP contribution in [0.2, 0.25) is 0 Å². The summed E-state index contributed by atoms with van der Waals surface area (Å²) in [6.45, 7) is 4.17. The van der Waals surface area contributed by atoms with Crippen molar-refractivity contribution in [2.45, 2.75) is 13.3 Å². The molecular formula is C16H16N2OS2. The number of hydrogen-bond acceptors (Lipinski definition) is 5. The predicted octanol–water partition coefficient (Wildman–Crippen LogP) is 3.68. The van der Waals surface area contributed by atoms with Gasteiger partial charge in [0.15, 0.2) is 5.17 Å². The Kier molecular flexibility index (Phi) is 3.28. The van der Waals surface area contributed by atoms with Crippen LogP contribution in [0, 0.1) is 6.92 Å². The minimum Gasteiger partial charge on any atom is -0.396 e. The summed E-state index contributed by atoms with van der Waals surface area (Å²) in [5.41, 5.74) is 2.55. The molecule has 0 saturated carbocycles. The lowest BCUT2D eigenvalue weighted by Crippen LogP contribution is -2.20. The molecule has 1 N–H and O–H groups in total. The molecule has 3 heterocycles. The molecule has 0 fully saturated rings. The monoisotopic (exact) mass is 316 g/mol. The lowest BCUT2D eigenvalue weighted by molar-refractivity contribution is 0.301. The van der Waals surface area contributed by atoms with E-state index in [-0.39, 0.29) is 6.61 Å². The number of thioether (sulfide) groups is 1. The molecule has 5 heteroatoms. The number of aliphatic imine (C=N–C) groups is 1. The summed E-state index contributed by atoms with van der Waals surface area (Å²) in [6, 6.07) is 8.75. The topological polar surface area (TPSA) is 35.8 Å². The van der Waals surface area contributed by atoms with Gasteiger partial charge in [-0.15, -0.1) is 11.3 Å². The van der Waals surface area contributed by atoms with Gasteiger partial charge in [0.25, 0.3) is 0 Å². The first-order chi connectivity index (χ1) is 10.3. The average molecular weight is 316 g/mol. The van der Waals surface area contributed by atoms with Gasteiger partial charge in [0.05, 0.1) is 12.2 Å². The van der Waals surface area contributed by atoms with Gasteiger partial charge >= 0.3 is 0 Å². The lowest BCUT2D eigenvalue weighted by Gasteiger charge is -2.18. The van der Waals surface area contributed by atoms with E-state index in [0.29, 0.717) is 6.42 Å². The molecule has 0 spiro atoms. The van der Waals surface area contributed by atoms with E-state index in [1.807, 2.05) is 11.3 Å². The Morgan fingerprint density at radius 2 is 2.29 bits per heavy atom. The third-order valence-electron chi connectivity index (χ3n) is 3.81. The zero-order chi connectivity index (χ0) is 14.4. The lowest BCUT2D eigenvalue weighted by atomic mass is 10.1. The normalized spacial score (nSPS) is 17.8. The number of benzene rings is 1. The minimum absolute atomic E-state index is 0.187. The Hall–Kier alpha value is -1.30. The van der Waals surface area contributed by atoms with Crippen molar-refractivity contribution in [3.63, 3.8) is 0 Å². The van der Waals surface area contributed by atoms with Gasteiger partial charge in [-0.25, -0.2) is 0 Å². The molecule has 3 nitrogen and oxygen atoms in total. The van der Waals surface area contributed by atoms with E-state index in [4.69, 9.17) is 0 Å². The standard InChI is InChI=1S/C16H16N2OS2/c1-10-9-11-3-2-4-12(15(11)20-10)14-13(5-8-19)21-16-17-6-7-18(14)16/h2-4,9,19H,5-8H2,1H3. The largest absolute Gasteiger partial charge is 0.396 e. The SMILES string of the molecule is Cc1cc2cccc(C3=C(CCO)SC4=NCCN43)c2s1. The van der Waals surface area contributed by atoms with Gasteiger partial charge in [0, 0.05) is 39.6 Å². The van der Waals surface area contributed by atoms with Crippen molar-refractivity contribution in [1.82, 2.24) is 4.90 Å². The summed E-state index contributed by atoms with van der Waals surface area (Å²) in [5, 5.41) is 11.8. The number of aliphatic hydroxyl groups is 1. The number of rotatable bonds is 3.